The second kappa shape index (κ2) is 5.73. The van der Waals surface area contributed by atoms with Gasteiger partial charge in [0.05, 0.1) is 13.1 Å². The lowest BCUT2D eigenvalue weighted by atomic mass is 10.2. The van der Waals surface area contributed by atoms with Gasteiger partial charge in [-0.2, -0.15) is 0 Å². The fourth-order valence-corrected chi connectivity index (χ4v) is 2.13. The number of hydrogen-bond donors (Lipinski definition) is 1. The molecular formula is C14H19N3O2. The summed E-state index contributed by atoms with van der Waals surface area (Å²) in [6.45, 7) is 1.22. The van der Waals surface area contributed by atoms with Crippen molar-refractivity contribution < 1.29 is 9.59 Å². The first-order chi connectivity index (χ1) is 9.08. The largest absolute Gasteiger partial charge is 0.362 e. The van der Waals surface area contributed by atoms with Gasteiger partial charge in [0.2, 0.25) is 11.8 Å². The molecule has 19 heavy (non-hydrogen) atoms. The Morgan fingerprint density at radius 1 is 1.32 bits per heavy atom. The Morgan fingerprint density at radius 2 is 2.05 bits per heavy atom. The Kier molecular flexibility index (Phi) is 4.04. The predicted molar refractivity (Wildman–Crippen MR) is 74.1 cm³/mol. The van der Waals surface area contributed by atoms with Gasteiger partial charge in [-0.05, 0) is 18.1 Å². The van der Waals surface area contributed by atoms with Crippen LogP contribution < -0.4 is 10.2 Å². The molecule has 1 aromatic carbocycles. The molecule has 5 heteroatoms. The molecule has 5 nitrogen and oxygen atoms in total. The fraction of sp³-hybridized carbons (Fsp3) is 0.429. The highest BCUT2D eigenvalue weighted by Crippen LogP contribution is 2.26. The zero-order valence-corrected chi connectivity index (χ0v) is 11.3. The van der Waals surface area contributed by atoms with Gasteiger partial charge in [0.15, 0.2) is 0 Å². The Morgan fingerprint density at radius 3 is 2.79 bits per heavy atom. The summed E-state index contributed by atoms with van der Waals surface area (Å²) in [7, 11) is 3.34. The van der Waals surface area contributed by atoms with E-state index in [0.717, 1.165) is 18.7 Å². The quantitative estimate of drug-likeness (QED) is 0.845. The van der Waals surface area contributed by atoms with Crippen LogP contribution in [0.5, 0.6) is 0 Å². The lowest BCUT2D eigenvalue weighted by Gasteiger charge is -2.19. The summed E-state index contributed by atoms with van der Waals surface area (Å²) in [6, 6.07) is 8.10. The van der Waals surface area contributed by atoms with E-state index in [9.17, 15) is 9.59 Å². The van der Waals surface area contributed by atoms with Gasteiger partial charge in [0.25, 0.3) is 0 Å². The maximum Gasteiger partial charge on any atom is 0.241 e. The molecule has 0 fully saturated rings. The second-order valence-electron chi connectivity index (χ2n) is 4.87. The zero-order valence-electron chi connectivity index (χ0n) is 11.3. The second-order valence-corrected chi connectivity index (χ2v) is 4.87. The minimum atomic E-state index is -0.119. The lowest BCUT2D eigenvalue weighted by molar-refractivity contribution is -0.130. The van der Waals surface area contributed by atoms with Crippen molar-refractivity contribution in [2.45, 2.75) is 6.42 Å². The molecule has 2 amide bonds. The van der Waals surface area contributed by atoms with Crippen molar-refractivity contribution in [3.8, 4) is 0 Å². The topological polar surface area (TPSA) is 52.7 Å². The summed E-state index contributed by atoms with van der Waals surface area (Å²) in [6.07, 6.45) is 0.972. The minimum Gasteiger partial charge on any atom is -0.362 e. The predicted octanol–water partition coefficient (Wildman–Crippen LogP) is 0.254. The number of carbonyl (C=O) groups is 2. The standard InChI is InChI=1S/C14H19N3O2/c1-16(2)14(19)9-15-13(18)10-17-8-7-11-5-3-4-6-12(11)17/h3-6H,7-10H2,1-2H3,(H,15,18). The van der Waals surface area contributed by atoms with E-state index in [1.54, 1.807) is 14.1 Å². The third kappa shape index (κ3) is 3.24. The van der Waals surface area contributed by atoms with Crippen LogP contribution in [0.15, 0.2) is 24.3 Å². The molecule has 1 N–H and O–H groups in total. The van der Waals surface area contributed by atoms with Gasteiger partial charge in [-0.25, -0.2) is 0 Å². The van der Waals surface area contributed by atoms with Gasteiger partial charge >= 0.3 is 0 Å². The molecule has 1 heterocycles. The van der Waals surface area contributed by atoms with Gasteiger partial charge in [0.1, 0.15) is 0 Å². The average molecular weight is 261 g/mol. The van der Waals surface area contributed by atoms with Crippen molar-refractivity contribution in [2.75, 3.05) is 38.6 Å². The molecule has 0 aromatic heterocycles. The van der Waals surface area contributed by atoms with E-state index in [1.807, 2.05) is 23.1 Å². The van der Waals surface area contributed by atoms with E-state index in [-0.39, 0.29) is 18.4 Å². The summed E-state index contributed by atoms with van der Waals surface area (Å²) >= 11 is 0. The lowest BCUT2D eigenvalue weighted by Crippen LogP contribution is -2.41. The van der Waals surface area contributed by atoms with E-state index in [1.165, 1.54) is 10.5 Å². The molecule has 0 spiro atoms. The Balaban J connectivity index is 1.86. The van der Waals surface area contributed by atoms with Crippen LogP contribution in [-0.4, -0.2) is 50.4 Å². The Labute approximate surface area is 113 Å². The van der Waals surface area contributed by atoms with Crippen LogP contribution in [0, 0.1) is 0 Å². The normalized spacial score (nSPS) is 13.1. The number of nitrogens with zero attached hydrogens (tertiary/aromatic N) is 2. The summed E-state index contributed by atoms with van der Waals surface area (Å²) in [4.78, 5) is 26.7. The van der Waals surface area contributed by atoms with Gasteiger partial charge < -0.3 is 15.1 Å². The highest BCUT2D eigenvalue weighted by Gasteiger charge is 2.20. The maximum absolute atomic E-state index is 11.8. The van der Waals surface area contributed by atoms with Crippen LogP contribution in [0.2, 0.25) is 0 Å². The molecular weight excluding hydrogens is 242 g/mol. The van der Waals surface area contributed by atoms with Crippen LogP contribution >= 0.6 is 0 Å². The molecule has 1 aliphatic heterocycles. The fourth-order valence-electron chi connectivity index (χ4n) is 2.13. The molecule has 2 rings (SSSR count). The molecule has 0 saturated heterocycles. The molecule has 1 aromatic rings. The van der Waals surface area contributed by atoms with Crippen LogP contribution in [-0.2, 0) is 16.0 Å². The number of likely N-dealkylation sites (N-methyl/N-ethyl adjacent to an activating group) is 1. The van der Waals surface area contributed by atoms with E-state index in [2.05, 4.69) is 11.4 Å². The SMILES string of the molecule is CN(C)C(=O)CNC(=O)CN1CCc2ccccc21. The molecule has 0 saturated carbocycles. The Bertz CT molecular complexity index is 485. The van der Waals surface area contributed by atoms with Crippen molar-refractivity contribution >= 4 is 17.5 Å². The summed E-state index contributed by atoms with van der Waals surface area (Å²) in [5.74, 6) is -0.220. The number of nitrogens with one attached hydrogen (secondary N) is 1. The smallest absolute Gasteiger partial charge is 0.241 e. The van der Waals surface area contributed by atoms with E-state index in [0.29, 0.717) is 6.54 Å². The number of carbonyl (C=O) groups excluding carboxylic acids is 2. The van der Waals surface area contributed by atoms with Crippen LogP contribution in [0.25, 0.3) is 0 Å². The van der Waals surface area contributed by atoms with E-state index < -0.39 is 0 Å². The summed E-state index contributed by atoms with van der Waals surface area (Å²) in [5, 5.41) is 2.65. The molecule has 0 atom stereocenters. The van der Waals surface area contributed by atoms with E-state index in [4.69, 9.17) is 0 Å². The monoisotopic (exact) mass is 261 g/mol. The van der Waals surface area contributed by atoms with Gasteiger partial charge in [0, 0.05) is 26.3 Å². The summed E-state index contributed by atoms with van der Waals surface area (Å²) in [5.41, 5.74) is 2.40. The van der Waals surface area contributed by atoms with Crippen LogP contribution in [0.4, 0.5) is 5.69 Å². The van der Waals surface area contributed by atoms with Gasteiger partial charge in [-0.15, -0.1) is 0 Å². The van der Waals surface area contributed by atoms with Crippen LogP contribution in [0.3, 0.4) is 0 Å². The molecule has 0 aliphatic carbocycles. The molecule has 102 valence electrons. The van der Waals surface area contributed by atoms with Crippen molar-refractivity contribution in [2.24, 2.45) is 0 Å². The number of amides is 2. The number of rotatable bonds is 4. The average Bonchev–Trinajstić information content (AvgIpc) is 2.79. The number of anilines is 1. The van der Waals surface area contributed by atoms with Crippen molar-refractivity contribution in [3.63, 3.8) is 0 Å². The first-order valence-electron chi connectivity index (χ1n) is 6.37. The molecule has 0 radical (unpaired) electrons. The van der Waals surface area contributed by atoms with Crippen molar-refractivity contribution in [1.29, 1.82) is 0 Å². The molecule has 0 unspecified atom stereocenters. The Hall–Kier alpha value is -2.04. The van der Waals surface area contributed by atoms with Crippen molar-refractivity contribution in [1.82, 2.24) is 10.2 Å². The highest BCUT2D eigenvalue weighted by atomic mass is 16.2. The first-order valence-corrected chi connectivity index (χ1v) is 6.37. The minimum absolute atomic E-state index is 0.0569. The third-order valence-corrected chi connectivity index (χ3v) is 3.25. The van der Waals surface area contributed by atoms with Gasteiger partial charge in [-0.3, -0.25) is 9.59 Å². The first kappa shape index (κ1) is 13.4. The summed E-state index contributed by atoms with van der Waals surface area (Å²) < 4.78 is 0. The van der Waals surface area contributed by atoms with Gasteiger partial charge in [-0.1, -0.05) is 18.2 Å². The number of para-hydroxylation sites is 1. The maximum atomic E-state index is 11.8. The number of benzene rings is 1. The van der Waals surface area contributed by atoms with Crippen molar-refractivity contribution in [3.05, 3.63) is 29.8 Å². The zero-order chi connectivity index (χ0) is 13.8. The molecule has 1 aliphatic rings. The number of fused-ring (bicyclic) bond motifs is 1. The van der Waals surface area contributed by atoms with Crippen LogP contribution in [0.1, 0.15) is 5.56 Å². The van der Waals surface area contributed by atoms with E-state index >= 15 is 0 Å². The number of hydrogen-bond acceptors (Lipinski definition) is 3. The molecule has 0 bridgehead atoms. The highest BCUT2D eigenvalue weighted by molar-refractivity contribution is 5.87. The third-order valence-electron chi connectivity index (χ3n) is 3.25.